The van der Waals surface area contributed by atoms with Crippen LogP contribution in [0.25, 0.3) is 0 Å². The fraction of sp³-hybridized carbons (Fsp3) is 0.947. The molecule has 7 atom stereocenters. The number of rotatable bonds is 72. The van der Waals surface area contributed by atoms with Crippen molar-refractivity contribution >= 4 is 39.5 Å². The summed E-state index contributed by atoms with van der Waals surface area (Å²) in [6.07, 6.45) is 48.5. The van der Waals surface area contributed by atoms with Gasteiger partial charge in [-0.25, -0.2) is 9.13 Å². The Morgan fingerprint density at radius 2 is 0.511 bits per heavy atom. The normalized spacial score (nSPS) is 14.7. The second-order valence-corrected chi connectivity index (χ2v) is 31.4. The summed E-state index contributed by atoms with van der Waals surface area (Å²) in [6, 6.07) is 0. The number of phosphoric acid groups is 2. The molecule has 0 spiro atoms. The lowest BCUT2D eigenvalue weighted by Gasteiger charge is -2.21. The van der Waals surface area contributed by atoms with Crippen molar-refractivity contribution in [2.24, 2.45) is 23.7 Å². The maximum atomic E-state index is 13.1. The number of phosphoric ester groups is 2. The van der Waals surface area contributed by atoms with Gasteiger partial charge in [0.2, 0.25) is 0 Å². The van der Waals surface area contributed by atoms with Crippen molar-refractivity contribution in [3.63, 3.8) is 0 Å². The SMILES string of the molecule is CCC(C)CCCCCCCCCCCCCCCCC(=O)O[C@H](COC(=O)CCCCCCCCC(C)CC)COP(=O)(O)OC[C@H](O)COP(=O)(O)OC[C@@H](COC(=O)CCCCCCCCCCC(C)C)OC(=O)CCCCCCCCCCCCCCC(C)C. The van der Waals surface area contributed by atoms with Gasteiger partial charge >= 0.3 is 39.5 Å². The Morgan fingerprint density at radius 3 is 0.755 bits per heavy atom. The van der Waals surface area contributed by atoms with Crippen LogP contribution in [-0.2, 0) is 65.4 Å². The van der Waals surface area contributed by atoms with E-state index in [0.717, 1.165) is 120 Å². The lowest BCUT2D eigenvalue weighted by Crippen LogP contribution is -2.30. The zero-order valence-electron chi connectivity index (χ0n) is 61.6. The largest absolute Gasteiger partial charge is 0.472 e. The number of aliphatic hydroxyl groups excluding tert-OH is 1. The van der Waals surface area contributed by atoms with E-state index in [4.69, 9.17) is 37.0 Å². The molecule has 0 fully saturated rings. The van der Waals surface area contributed by atoms with E-state index < -0.39 is 97.5 Å². The van der Waals surface area contributed by atoms with Crippen molar-refractivity contribution in [2.75, 3.05) is 39.6 Å². The standard InChI is InChI=1S/C75H146O17P2/c1-9-67(7)53-45-37-29-22-18-13-11-12-14-19-23-31-41-49-57-75(80)92-71(62-86-73(78)56-48-40-34-33-38-46-54-68(8)10-2)64-90-94(83,84)88-60-69(76)59-87-93(81,82)89-63-70(61-85-72(77)55-47-39-30-26-25-28-36-44-52-66(5)6)91-74(79)58-50-42-32-24-20-16-15-17-21-27-35-43-51-65(3)4/h65-71,76H,9-64H2,1-8H3,(H,81,82)(H,83,84)/t67?,68?,69-,70-,71-/m1/s1. The van der Waals surface area contributed by atoms with Gasteiger partial charge in [-0.05, 0) is 49.4 Å². The number of hydrogen-bond donors (Lipinski definition) is 3. The van der Waals surface area contributed by atoms with Crippen molar-refractivity contribution in [1.82, 2.24) is 0 Å². The third-order valence-corrected chi connectivity index (χ3v) is 19.9. The van der Waals surface area contributed by atoms with Crippen molar-refractivity contribution in [3.8, 4) is 0 Å². The Labute approximate surface area is 575 Å². The number of carbonyl (C=O) groups is 4. The van der Waals surface area contributed by atoms with Gasteiger partial charge < -0.3 is 33.8 Å². The highest BCUT2D eigenvalue weighted by atomic mass is 31.2. The van der Waals surface area contributed by atoms with Crippen LogP contribution >= 0.6 is 15.6 Å². The van der Waals surface area contributed by atoms with Crippen LogP contribution in [0.3, 0.4) is 0 Å². The van der Waals surface area contributed by atoms with Crippen LogP contribution in [0.1, 0.15) is 376 Å². The fourth-order valence-electron chi connectivity index (χ4n) is 11.3. The summed E-state index contributed by atoms with van der Waals surface area (Å²) < 4.78 is 68.5. The van der Waals surface area contributed by atoms with Crippen LogP contribution < -0.4 is 0 Å². The van der Waals surface area contributed by atoms with Gasteiger partial charge in [-0.15, -0.1) is 0 Å². The Bertz CT molecular complexity index is 1850. The van der Waals surface area contributed by atoms with Crippen molar-refractivity contribution in [3.05, 3.63) is 0 Å². The van der Waals surface area contributed by atoms with Gasteiger partial charge in [-0.1, -0.05) is 325 Å². The van der Waals surface area contributed by atoms with Crippen LogP contribution in [0, 0.1) is 23.7 Å². The lowest BCUT2D eigenvalue weighted by molar-refractivity contribution is -0.161. The third-order valence-electron chi connectivity index (χ3n) is 18.0. The molecule has 19 heteroatoms. The summed E-state index contributed by atoms with van der Waals surface area (Å²) in [5.74, 6) is 0.956. The summed E-state index contributed by atoms with van der Waals surface area (Å²) in [5.41, 5.74) is 0. The molecule has 0 aromatic heterocycles. The van der Waals surface area contributed by atoms with Crippen LogP contribution in [0.15, 0.2) is 0 Å². The quantitative estimate of drug-likeness (QED) is 0.0222. The van der Waals surface area contributed by atoms with Crippen LogP contribution in [0.2, 0.25) is 0 Å². The predicted octanol–water partition coefficient (Wildman–Crippen LogP) is 21.7. The first-order chi connectivity index (χ1) is 45.2. The zero-order chi connectivity index (χ0) is 69.6. The summed E-state index contributed by atoms with van der Waals surface area (Å²) in [6.45, 7) is 14.2. The van der Waals surface area contributed by atoms with E-state index in [1.54, 1.807) is 0 Å². The zero-order valence-corrected chi connectivity index (χ0v) is 63.4. The fourth-order valence-corrected chi connectivity index (χ4v) is 12.9. The number of esters is 4. The number of unbranched alkanes of at least 4 members (excludes halogenated alkanes) is 36. The first-order valence-electron chi connectivity index (χ1n) is 38.8. The lowest BCUT2D eigenvalue weighted by atomic mass is 9.99. The molecule has 0 rings (SSSR count). The smallest absolute Gasteiger partial charge is 0.462 e. The summed E-state index contributed by atoms with van der Waals surface area (Å²) in [7, 11) is -9.91. The van der Waals surface area contributed by atoms with Gasteiger partial charge in [0.1, 0.15) is 19.3 Å². The van der Waals surface area contributed by atoms with Crippen LogP contribution in [0.5, 0.6) is 0 Å². The molecule has 0 aliphatic rings. The highest BCUT2D eigenvalue weighted by molar-refractivity contribution is 7.47. The number of carbonyl (C=O) groups excluding carboxylic acids is 4. The Balaban J connectivity index is 5.24. The molecule has 0 aliphatic heterocycles. The second-order valence-electron chi connectivity index (χ2n) is 28.5. The van der Waals surface area contributed by atoms with E-state index in [9.17, 15) is 43.2 Å². The molecular weight excluding hydrogens is 1230 g/mol. The van der Waals surface area contributed by atoms with E-state index in [1.807, 2.05) is 0 Å². The summed E-state index contributed by atoms with van der Waals surface area (Å²) >= 11 is 0. The first-order valence-corrected chi connectivity index (χ1v) is 41.8. The summed E-state index contributed by atoms with van der Waals surface area (Å²) in [4.78, 5) is 72.8. The second kappa shape index (κ2) is 64.4. The number of hydrogen-bond acceptors (Lipinski definition) is 15. The van der Waals surface area contributed by atoms with E-state index in [0.29, 0.717) is 25.7 Å². The minimum absolute atomic E-state index is 0.106. The molecule has 0 radical (unpaired) electrons. The predicted molar refractivity (Wildman–Crippen MR) is 381 cm³/mol. The van der Waals surface area contributed by atoms with E-state index in [1.165, 1.54) is 173 Å². The Kier molecular flexibility index (Phi) is 63.1. The molecule has 0 amide bonds. The van der Waals surface area contributed by atoms with Gasteiger partial charge in [0, 0.05) is 25.7 Å². The Hall–Kier alpha value is -1.94. The van der Waals surface area contributed by atoms with Crippen LogP contribution in [0.4, 0.5) is 0 Å². The highest BCUT2D eigenvalue weighted by Crippen LogP contribution is 2.45. The van der Waals surface area contributed by atoms with Gasteiger partial charge in [-0.3, -0.25) is 37.3 Å². The molecule has 0 aromatic rings. The Morgan fingerprint density at radius 1 is 0.298 bits per heavy atom. The molecule has 0 bridgehead atoms. The molecule has 3 N–H and O–H groups in total. The van der Waals surface area contributed by atoms with Gasteiger partial charge in [0.05, 0.1) is 26.4 Å². The number of ether oxygens (including phenoxy) is 4. The molecule has 0 saturated carbocycles. The van der Waals surface area contributed by atoms with Gasteiger partial charge in [0.15, 0.2) is 12.2 Å². The van der Waals surface area contributed by atoms with E-state index in [-0.39, 0.29) is 25.7 Å². The first kappa shape index (κ1) is 92.1. The summed E-state index contributed by atoms with van der Waals surface area (Å²) in [5, 5.41) is 10.6. The molecular formula is C75H146O17P2. The highest BCUT2D eigenvalue weighted by Gasteiger charge is 2.30. The molecule has 0 saturated heterocycles. The average molecular weight is 1380 g/mol. The van der Waals surface area contributed by atoms with Crippen molar-refractivity contribution < 1.29 is 80.2 Å². The van der Waals surface area contributed by atoms with Crippen molar-refractivity contribution in [1.29, 1.82) is 0 Å². The molecule has 0 heterocycles. The number of aliphatic hydroxyl groups is 1. The van der Waals surface area contributed by atoms with Crippen LogP contribution in [-0.4, -0.2) is 96.7 Å². The van der Waals surface area contributed by atoms with E-state index >= 15 is 0 Å². The van der Waals surface area contributed by atoms with Gasteiger partial charge in [0.25, 0.3) is 0 Å². The minimum atomic E-state index is -4.96. The maximum Gasteiger partial charge on any atom is 0.472 e. The van der Waals surface area contributed by atoms with E-state index in [2.05, 4.69) is 55.4 Å². The third kappa shape index (κ3) is 66.0. The van der Waals surface area contributed by atoms with Crippen molar-refractivity contribution in [2.45, 2.75) is 395 Å². The molecule has 94 heavy (non-hydrogen) atoms. The maximum absolute atomic E-state index is 13.1. The molecule has 0 aromatic carbocycles. The molecule has 558 valence electrons. The molecule has 0 aliphatic carbocycles. The monoisotopic (exact) mass is 1380 g/mol. The average Bonchev–Trinajstić information content (AvgIpc) is 1.07. The molecule has 17 nitrogen and oxygen atoms in total. The molecule has 4 unspecified atom stereocenters. The van der Waals surface area contributed by atoms with Gasteiger partial charge in [-0.2, -0.15) is 0 Å². The topological polar surface area (TPSA) is 237 Å². The minimum Gasteiger partial charge on any atom is -0.462 e.